The van der Waals surface area contributed by atoms with Gasteiger partial charge in [-0.2, -0.15) is 0 Å². The standard InChI is InChI=1S/C17H14ClIN2O2S2.C17H15ClN2O2S2.C11H11IN2O2S.C11H12N2O2S.C6H5ClS/c1-21-16(24-13-7-5-12(18)6-8-13)15(20-17(21)19)11-3-9-14(10-4-11)25(2,22)23;1-20-11-19-16(12-3-9-15(10-4-12)24(2,21)22)17(20)23-14-7-5-13(18)6-8-14;1-14-7-13-10(11(14)12)8-3-5-9(6-4-8)17(2,15)16;1-13-7-11(12-8-13)9-3-5-10(6-4-9)16(2,14)15;7-5-1-3-6(8)4-2-5/h3-10H,1-2H3;3-11H,1-2H3;3-7H,1-2H3;3-8H,1-2H3;1-4,8H. The van der Waals surface area contributed by atoms with E-state index >= 15 is 0 Å². The number of nitrogens with zero attached hydrogens (tertiary/aromatic N) is 8. The molecule has 0 spiro atoms. The van der Waals surface area contributed by atoms with E-state index < -0.39 is 39.3 Å². The third-order valence-corrected chi connectivity index (χ3v) is 22.7. The number of hydrogen-bond donors (Lipinski definition) is 1. The molecule has 7 aromatic carbocycles. The number of benzene rings is 7. The fourth-order valence-electron chi connectivity index (χ4n) is 7.79. The van der Waals surface area contributed by atoms with E-state index in [1.807, 2.05) is 125 Å². The van der Waals surface area contributed by atoms with Gasteiger partial charge in [-0.25, -0.2) is 53.6 Å². The number of hydrogen-bond acceptors (Lipinski definition) is 15. The summed E-state index contributed by atoms with van der Waals surface area (Å²) in [6.07, 6.45) is 11.9. The number of rotatable bonds is 12. The predicted molar refractivity (Wildman–Crippen MR) is 382 cm³/mol. The summed E-state index contributed by atoms with van der Waals surface area (Å²) in [7, 11) is -4.97. The van der Waals surface area contributed by atoms with Crippen molar-refractivity contribution in [3.05, 3.63) is 218 Å². The van der Waals surface area contributed by atoms with Gasteiger partial charge < -0.3 is 18.3 Å². The molecule has 0 unspecified atom stereocenters. The second kappa shape index (κ2) is 31.5. The summed E-state index contributed by atoms with van der Waals surface area (Å²) in [6.45, 7) is 0. The van der Waals surface area contributed by atoms with Crippen molar-refractivity contribution < 1.29 is 33.7 Å². The summed E-state index contributed by atoms with van der Waals surface area (Å²) in [4.78, 5) is 21.9. The molecule has 0 saturated carbocycles. The molecule has 470 valence electrons. The number of aryl methyl sites for hydroxylation is 3. The predicted octanol–water partition coefficient (Wildman–Crippen LogP) is 15.4. The van der Waals surface area contributed by atoms with Crippen molar-refractivity contribution in [2.45, 2.75) is 44.3 Å². The highest BCUT2D eigenvalue weighted by atomic mass is 127. The molecule has 11 rings (SSSR count). The highest BCUT2D eigenvalue weighted by Gasteiger charge is 2.19. The molecule has 0 saturated heterocycles. The van der Waals surface area contributed by atoms with Crippen molar-refractivity contribution in [3.63, 3.8) is 0 Å². The van der Waals surface area contributed by atoms with E-state index in [4.69, 9.17) is 34.8 Å². The van der Waals surface area contributed by atoms with Gasteiger partial charge in [0.2, 0.25) is 0 Å². The Labute approximate surface area is 581 Å². The Morgan fingerprint density at radius 2 is 0.756 bits per heavy atom. The largest absolute Gasteiger partial charge is 0.340 e. The van der Waals surface area contributed by atoms with Crippen molar-refractivity contribution >= 4 is 155 Å². The van der Waals surface area contributed by atoms with Gasteiger partial charge >= 0.3 is 0 Å². The molecule has 0 amide bonds. The number of imidazole rings is 4. The zero-order valence-corrected chi connectivity index (χ0v) is 61.5. The first-order valence-electron chi connectivity index (χ1n) is 26.2. The van der Waals surface area contributed by atoms with E-state index in [1.165, 1.54) is 25.0 Å². The zero-order chi connectivity index (χ0) is 65.9. The Balaban J connectivity index is 0.000000166. The normalized spacial score (nSPS) is 11.4. The van der Waals surface area contributed by atoms with Crippen LogP contribution in [0.4, 0.5) is 0 Å². The third kappa shape index (κ3) is 20.5. The van der Waals surface area contributed by atoms with Crippen molar-refractivity contribution in [2.24, 2.45) is 28.2 Å². The average Bonchev–Trinajstić information content (AvgIpc) is 1.74. The minimum absolute atomic E-state index is 0.300. The van der Waals surface area contributed by atoms with Crippen LogP contribution in [-0.2, 0) is 67.5 Å². The van der Waals surface area contributed by atoms with Crippen LogP contribution in [0.1, 0.15) is 0 Å². The van der Waals surface area contributed by atoms with Gasteiger partial charge in [-0.1, -0.05) is 107 Å². The van der Waals surface area contributed by atoms with Gasteiger partial charge in [-0.3, -0.25) is 0 Å². The van der Waals surface area contributed by atoms with Crippen LogP contribution in [0.15, 0.2) is 239 Å². The van der Waals surface area contributed by atoms with Crippen LogP contribution < -0.4 is 0 Å². The smallest absolute Gasteiger partial charge is 0.175 e. The van der Waals surface area contributed by atoms with E-state index in [-0.39, 0.29) is 0 Å². The van der Waals surface area contributed by atoms with Gasteiger partial charge in [0.05, 0.1) is 44.3 Å². The van der Waals surface area contributed by atoms with Crippen molar-refractivity contribution in [1.82, 2.24) is 38.2 Å². The lowest BCUT2D eigenvalue weighted by atomic mass is 10.2. The molecule has 11 aromatic rings. The first-order valence-corrected chi connectivity index (χ1v) is 39.1. The summed E-state index contributed by atoms with van der Waals surface area (Å²) in [5, 5.41) is 4.10. The third-order valence-electron chi connectivity index (χ3n) is 12.6. The topological polar surface area (TPSA) is 208 Å². The summed E-state index contributed by atoms with van der Waals surface area (Å²) in [5.41, 5.74) is 6.93. The molecule has 0 radical (unpaired) electrons. The lowest BCUT2D eigenvalue weighted by Crippen LogP contribution is -1.96. The lowest BCUT2D eigenvalue weighted by molar-refractivity contribution is 0.600. The van der Waals surface area contributed by atoms with E-state index in [9.17, 15) is 33.7 Å². The molecule has 0 aliphatic rings. The fraction of sp³-hybridized carbons (Fsp3) is 0.129. The average molecular weight is 1630 g/mol. The molecule has 0 aliphatic heterocycles. The molecule has 0 bridgehead atoms. The van der Waals surface area contributed by atoms with Crippen molar-refractivity contribution in [3.8, 4) is 45.0 Å². The maximum atomic E-state index is 11.6. The molecule has 0 atom stereocenters. The maximum absolute atomic E-state index is 11.6. The fourth-order valence-corrected chi connectivity index (χ4v) is 14.0. The van der Waals surface area contributed by atoms with E-state index in [0.717, 1.165) is 82.3 Å². The van der Waals surface area contributed by atoms with Crippen molar-refractivity contribution in [2.75, 3.05) is 25.0 Å². The summed E-state index contributed by atoms with van der Waals surface area (Å²) in [5.74, 6) is 0. The second-order valence-electron chi connectivity index (χ2n) is 19.8. The highest BCUT2D eigenvalue weighted by molar-refractivity contribution is 14.1. The Morgan fingerprint density at radius 3 is 1.11 bits per heavy atom. The minimum atomic E-state index is -3.21. The molecule has 0 N–H and O–H groups in total. The van der Waals surface area contributed by atoms with Crippen LogP contribution in [0.5, 0.6) is 0 Å². The lowest BCUT2D eigenvalue weighted by Gasteiger charge is -2.07. The van der Waals surface area contributed by atoms with Gasteiger partial charge in [-0.05, 0) is 167 Å². The maximum Gasteiger partial charge on any atom is 0.175 e. The van der Waals surface area contributed by atoms with Gasteiger partial charge in [-0.15, -0.1) is 12.6 Å². The van der Waals surface area contributed by atoms with E-state index in [0.29, 0.717) is 29.6 Å². The van der Waals surface area contributed by atoms with Gasteiger partial charge in [0.15, 0.2) is 43.2 Å². The number of aromatic nitrogens is 8. The molecule has 28 heteroatoms. The number of thiol groups is 1. The Bertz CT molecular complexity index is 4710. The molecule has 16 nitrogen and oxygen atoms in total. The monoisotopic (exact) mass is 1620 g/mol. The summed E-state index contributed by atoms with van der Waals surface area (Å²) < 4.78 is 101. The van der Waals surface area contributed by atoms with Gasteiger partial charge in [0.1, 0.15) is 30.8 Å². The summed E-state index contributed by atoms with van der Waals surface area (Å²) in [6, 6.07) is 49.6. The molecule has 0 fully saturated rings. The van der Waals surface area contributed by atoms with Crippen LogP contribution in [0.3, 0.4) is 0 Å². The number of halogens is 5. The van der Waals surface area contributed by atoms with Crippen molar-refractivity contribution in [1.29, 1.82) is 0 Å². The van der Waals surface area contributed by atoms with Crippen LogP contribution in [0.2, 0.25) is 15.1 Å². The molecular formula is C62H57Cl3I2N8O8S7. The van der Waals surface area contributed by atoms with Gasteiger partial charge in [0.25, 0.3) is 0 Å². The van der Waals surface area contributed by atoms with Crippen LogP contribution >= 0.6 is 116 Å². The summed E-state index contributed by atoms with van der Waals surface area (Å²) >= 11 is 29.1. The molecule has 0 aliphatic carbocycles. The minimum Gasteiger partial charge on any atom is -0.340 e. The Kier molecular flexibility index (Phi) is 25.2. The zero-order valence-electron chi connectivity index (χ0n) is 49.1. The van der Waals surface area contributed by atoms with E-state index in [2.05, 4.69) is 77.7 Å². The molecule has 4 aromatic heterocycles. The molecular weight excluding hydrogens is 1570 g/mol. The number of sulfone groups is 4. The van der Waals surface area contributed by atoms with Crippen LogP contribution in [0.25, 0.3) is 45.0 Å². The van der Waals surface area contributed by atoms with E-state index in [1.54, 1.807) is 140 Å². The quantitative estimate of drug-likeness (QED) is 0.0892. The molecule has 90 heavy (non-hydrogen) atoms. The Morgan fingerprint density at radius 1 is 0.411 bits per heavy atom. The Hall–Kier alpha value is -5.44. The highest BCUT2D eigenvalue weighted by Crippen LogP contribution is 2.38. The first kappa shape index (κ1) is 72.0. The second-order valence-corrected chi connectivity index (χ2v) is 33.8. The SMILES string of the molecule is Cn1c(I)nc(-c2ccc(S(C)(=O)=O)cc2)c1Sc1ccc(Cl)cc1.Cn1cnc(-c2ccc(S(C)(=O)=O)cc2)c1.Cn1cnc(-c2ccc(S(C)(=O)=O)cc2)c1I.Cn1cnc(-c2ccc(S(C)(=O)=O)cc2)c1Sc1ccc(Cl)cc1.Sc1ccc(Cl)cc1. The van der Waals surface area contributed by atoms with Gasteiger partial charge in [0, 0.05) is 111 Å². The van der Waals surface area contributed by atoms with Crippen LogP contribution in [0, 0.1) is 7.53 Å². The van der Waals surface area contributed by atoms with Crippen LogP contribution in [-0.4, -0.2) is 96.9 Å². The molecule has 4 heterocycles. The first-order chi connectivity index (χ1) is 42.2.